The SMILES string of the molecule is C=CCN1C(=O)C(C)(C)COc2ccc(NS(=O)(=O)c3cc(OC)ccc3OC)cc21. The first-order valence-corrected chi connectivity index (χ1v) is 11.1. The minimum atomic E-state index is -4.01. The number of amides is 1. The van der Waals surface area contributed by atoms with Crippen LogP contribution in [0.2, 0.25) is 0 Å². The van der Waals surface area contributed by atoms with Gasteiger partial charge in [0.1, 0.15) is 28.8 Å². The number of nitrogens with zero attached hydrogens (tertiary/aromatic N) is 1. The van der Waals surface area contributed by atoms with Crippen LogP contribution in [0.4, 0.5) is 11.4 Å². The van der Waals surface area contributed by atoms with Gasteiger partial charge in [-0.25, -0.2) is 8.42 Å². The van der Waals surface area contributed by atoms with Crippen molar-refractivity contribution >= 4 is 27.3 Å². The highest BCUT2D eigenvalue weighted by molar-refractivity contribution is 7.92. The van der Waals surface area contributed by atoms with E-state index in [0.717, 1.165) is 0 Å². The summed E-state index contributed by atoms with van der Waals surface area (Å²) < 4.78 is 44.9. The van der Waals surface area contributed by atoms with Crippen molar-refractivity contribution in [1.29, 1.82) is 0 Å². The molecule has 166 valence electrons. The largest absolute Gasteiger partial charge is 0.497 e. The second-order valence-corrected chi connectivity index (χ2v) is 9.33. The van der Waals surface area contributed by atoms with Gasteiger partial charge in [-0.1, -0.05) is 6.08 Å². The summed E-state index contributed by atoms with van der Waals surface area (Å²) in [5.74, 6) is 0.904. The maximum absolute atomic E-state index is 13.1. The average molecular weight is 447 g/mol. The lowest BCUT2D eigenvalue weighted by Crippen LogP contribution is -2.42. The minimum Gasteiger partial charge on any atom is -0.497 e. The Labute approximate surface area is 182 Å². The van der Waals surface area contributed by atoms with Crippen molar-refractivity contribution in [2.24, 2.45) is 5.41 Å². The Kier molecular flexibility index (Phi) is 6.17. The number of ether oxygens (including phenoxy) is 3. The Balaban J connectivity index is 2.02. The molecule has 8 nitrogen and oxygen atoms in total. The van der Waals surface area contributed by atoms with E-state index in [1.54, 1.807) is 49.1 Å². The van der Waals surface area contributed by atoms with Crippen molar-refractivity contribution < 1.29 is 27.4 Å². The van der Waals surface area contributed by atoms with E-state index < -0.39 is 15.4 Å². The number of carbonyl (C=O) groups is 1. The molecule has 1 N–H and O–H groups in total. The summed E-state index contributed by atoms with van der Waals surface area (Å²) in [5.41, 5.74) is -0.00239. The lowest BCUT2D eigenvalue weighted by molar-refractivity contribution is -0.127. The normalized spacial score (nSPS) is 15.4. The summed E-state index contributed by atoms with van der Waals surface area (Å²) in [5, 5.41) is 0. The molecule has 2 aromatic rings. The van der Waals surface area contributed by atoms with Crippen LogP contribution in [0.15, 0.2) is 53.9 Å². The molecular formula is C22H26N2O6S. The number of nitrogens with one attached hydrogen (secondary N) is 1. The van der Waals surface area contributed by atoms with Crippen LogP contribution < -0.4 is 23.8 Å². The predicted molar refractivity (Wildman–Crippen MR) is 119 cm³/mol. The molecule has 0 spiro atoms. The molecule has 31 heavy (non-hydrogen) atoms. The van der Waals surface area contributed by atoms with Crippen LogP contribution in [-0.2, 0) is 14.8 Å². The number of hydrogen-bond donors (Lipinski definition) is 1. The van der Waals surface area contributed by atoms with Crippen molar-refractivity contribution in [2.45, 2.75) is 18.7 Å². The lowest BCUT2D eigenvalue weighted by Gasteiger charge is -2.27. The van der Waals surface area contributed by atoms with E-state index in [1.165, 1.54) is 26.4 Å². The van der Waals surface area contributed by atoms with Crippen LogP contribution in [0.3, 0.4) is 0 Å². The quantitative estimate of drug-likeness (QED) is 0.655. The molecule has 3 rings (SSSR count). The van der Waals surface area contributed by atoms with Crippen molar-refractivity contribution in [1.82, 2.24) is 0 Å². The summed E-state index contributed by atoms with van der Waals surface area (Å²) >= 11 is 0. The van der Waals surface area contributed by atoms with Crippen molar-refractivity contribution in [2.75, 3.05) is 37.0 Å². The summed E-state index contributed by atoms with van der Waals surface area (Å²) in [6.07, 6.45) is 1.61. The molecule has 2 aromatic carbocycles. The zero-order chi connectivity index (χ0) is 22.8. The van der Waals surface area contributed by atoms with Crippen LogP contribution in [-0.4, -0.2) is 41.7 Å². The second kappa shape index (κ2) is 8.50. The first-order valence-electron chi connectivity index (χ1n) is 9.57. The third-order valence-electron chi connectivity index (χ3n) is 4.89. The van der Waals surface area contributed by atoms with Crippen LogP contribution in [0, 0.1) is 5.41 Å². The van der Waals surface area contributed by atoms with E-state index in [2.05, 4.69) is 11.3 Å². The molecule has 0 aromatic heterocycles. The number of sulfonamides is 1. The molecule has 0 unspecified atom stereocenters. The highest BCUT2D eigenvalue weighted by Crippen LogP contribution is 2.39. The van der Waals surface area contributed by atoms with Crippen molar-refractivity contribution in [3.05, 3.63) is 49.1 Å². The molecule has 1 aliphatic heterocycles. The lowest BCUT2D eigenvalue weighted by atomic mass is 9.93. The third-order valence-corrected chi connectivity index (χ3v) is 6.29. The van der Waals surface area contributed by atoms with E-state index in [0.29, 0.717) is 17.2 Å². The molecule has 0 saturated heterocycles. The van der Waals surface area contributed by atoms with E-state index in [-0.39, 0.29) is 35.4 Å². The van der Waals surface area contributed by atoms with Gasteiger partial charge in [0.15, 0.2) is 0 Å². The topological polar surface area (TPSA) is 94.2 Å². The highest BCUT2D eigenvalue weighted by atomic mass is 32.2. The maximum atomic E-state index is 13.1. The number of methoxy groups -OCH3 is 2. The highest BCUT2D eigenvalue weighted by Gasteiger charge is 2.37. The van der Waals surface area contributed by atoms with Gasteiger partial charge in [0.25, 0.3) is 10.0 Å². The van der Waals surface area contributed by atoms with Gasteiger partial charge in [-0.15, -0.1) is 6.58 Å². The minimum absolute atomic E-state index is 0.0688. The number of fused-ring (bicyclic) bond motifs is 1. The monoisotopic (exact) mass is 446 g/mol. The zero-order valence-corrected chi connectivity index (χ0v) is 18.8. The second-order valence-electron chi connectivity index (χ2n) is 7.68. The van der Waals surface area contributed by atoms with Crippen LogP contribution in [0.5, 0.6) is 17.2 Å². The van der Waals surface area contributed by atoms with Gasteiger partial charge >= 0.3 is 0 Å². The van der Waals surface area contributed by atoms with E-state index >= 15 is 0 Å². The molecule has 0 atom stereocenters. The molecule has 0 saturated carbocycles. The summed E-state index contributed by atoms with van der Waals surface area (Å²) in [6, 6.07) is 9.30. The molecule has 1 aliphatic rings. The third kappa shape index (κ3) is 4.46. The molecule has 1 amide bonds. The van der Waals surface area contributed by atoms with Crippen molar-refractivity contribution in [3.8, 4) is 17.2 Å². The Morgan fingerprint density at radius 2 is 1.94 bits per heavy atom. The predicted octanol–water partition coefficient (Wildman–Crippen LogP) is 3.44. The summed E-state index contributed by atoms with van der Waals surface area (Å²) in [4.78, 5) is 14.5. The molecule has 9 heteroatoms. The summed E-state index contributed by atoms with van der Waals surface area (Å²) in [7, 11) is -1.17. The van der Waals surface area contributed by atoms with Crippen LogP contribution in [0.1, 0.15) is 13.8 Å². The van der Waals surface area contributed by atoms with Gasteiger partial charge in [0.2, 0.25) is 5.91 Å². The van der Waals surface area contributed by atoms with Gasteiger partial charge in [0.05, 0.1) is 31.0 Å². The zero-order valence-electron chi connectivity index (χ0n) is 18.0. The van der Waals surface area contributed by atoms with Gasteiger partial charge in [-0.2, -0.15) is 0 Å². The molecular weight excluding hydrogens is 420 g/mol. The van der Waals surface area contributed by atoms with Gasteiger partial charge in [0, 0.05) is 12.6 Å². The fourth-order valence-electron chi connectivity index (χ4n) is 3.22. The maximum Gasteiger partial charge on any atom is 0.265 e. The molecule has 0 radical (unpaired) electrons. The fourth-order valence-corrected chi connectivity index (χ4v) is 4.46. The Hall–Kier alpha value is -3.20. The molecule has 1 heterocycles. The van der Waals surface area contributed by atoms with E-state index in [1.807, 2.05) is 0 Å². The number of hydrogen-bond acceptors (Lipinski definition) is 6. The van der Waals surface area contributed by atoms with Crippen molar-refractivity contribution in [3.63, 3.8) is 0 Å². The molecule has 0 bridgehead atoms. The fraction of sp³-hybridized carbons (Fsp3) is 0.318. The van der Waals surface area contributed by atoms with Crippen LogP contribution in [0.25, 0.3) is 0 Å². The molecule has 0 aliphatic carbocycles. The first kappa shape index (κ1) is 22.5. The Bertz CT molecular complexity index is 1110. The number of anilines is 2. The molecule has 0 fully saturated rings. The Morgan fingerprint density at radius 1 is 1.19 bits per heavy atom. The van der Waals surface area contributed by atoms with E-state index in [4.69, 9.17) is 14.2 Å². The number of rotatable bonds is 7. The standard InChI is InChI=1S/C22H26N2O6S/c1-6-11-24-17-12-15(7-9-18(17)30-14-22(2,3)21(24)25)23-31(26,27)20-13-16(28-4)8-10-19(20)29-5/h6-10,12-13,23H,1,11,14H2,2-5H3. The van der Waals surface area contributed by atoms with Gasteiger partial charge in [-0.05, 0) is 44.2 Å². The van der Waals surface area contributed by atoms with Gasteiger partial charge < -0.3 is 19.1 Å². The number of benzene rings is 2. The Morgan fingerprint density at radius 3 is 2.58 bits per heavy atom. The smallest absolute Gasteiger partial charge is 0.265 e. The van der Waals surface area contributed by atoms with Gasteiger partial charge in [-0.3, -0.25) is 9.52 Å². The first-order chi connectivity index (χ1) is 14.6. The van der Waals surface area contributed by atoms with Crippen LogP contribution >= 0.6 is 0 Å². The summed E-state index contributed by atoms with van der Waals surface area (Å²) in [6.45, 7) is 7.80. The van der Waals surface area contributed by atoms with E-state index in [9.17, 15) is 13.2 Å². The average Bonchev–Trinajstić information content (AvgIpc) is 2.83. The number of carbonyl (C=O) groups excluding carboxylic acids is 1.